The van der Waals surface area contributed by atoms with Crippen LogP contribution < -0.4 is 4.90 Å². The zero-order valence-electron chi connectivity index (χ0n) is 18.1. The van der Waals surface area contributed by atoms with Gasteiger partial charge in [-0.1, -0.05) is 64.9 Å². The second-order valence-corrected chi connectivity index (χ2v) is 9.44. The molecule has 4 aromatic rings. The van der Waals surface area contributed by atoms with Gasteiger partial charge < -0.3 is 5.11 Å². The summed E-state index contributed by atoms with van der Waals surface area (Å²) >= 11 is 7.25. The largest absolute Gasteiger partial charge is 0.507 e. The predicted octanol–water partition coefficient (Wildman–Crippen LogP) is 5.79. The molecule has 1 amide bonds. The number of thiazole rings is 1. The summed E-state index contributed by atoms with van der Waals surface area (Å²) in [6, 6.07) is 16.4. The summed E-state index contributed by atoms with van der Waals surface area (Å²) in [6.07, 6.45) is 0. The third kappa shape index (κ3) is 3.94. The van der Waals surface area contributed by atoms with Crippen molar-refractivity contribution in [1.82, 2.24) is 4.98 Å². The number of fused-ring (bicyclic) bond motifs is 1. The number of carbonyl (C=O) groups is 2. The molecule has 2 heterocycles. The smallest absolute Gasteiger partial charge is 0.301 e. The predicted molar refractivity (Wildman–Crippen MR) is 134 cm³/mol. The standard InChI is InChI=1S/C25H16ClN3O5S/c1-13-5-7-14(8-6-13)22(30)20-21(15-3-2-4-17(11-15)29(33)34)28(24(32)23(20)31)25-27-18-10-9-16(26)12-19(18)35-25/h2-12,21,30H,1H3/b22-20+. The van der Waals surface area contributed by atoms with E-state index in [2.05, 4.69) is 4.98 Å². The quantitative estimate of drug-likeness (QED) is 0.123. The van der Waals surface area contributed by atoms with Crippen LogP contribution in [-0.2, 0) is 9.59 Å². The van der Waals surface area contributed by atoms with Gasteiger partial charge in [0.2, 0.25) is 0 Å². The lowest BCUT2D eigenvalue weighted by Crippen LogP contribution is -2.29. The molecule has 1 fully saturated rings. The van der Waals surface area contributed by atoms with E-state index in [1.54, 1.807) is 48.5 Å². The third-order valence-corrected chi connectivity index (χ3v) is 6.96. The Bertz CT molecular complexity index is 1560. The lowest BCUT2D eigenvalue weighted by Gasteiger charge is -2.22. The van der Waals surface area contributed by atoms with E-state index in [4.69, 9.17) is 11.6 Å². The Morgan fingerprint density at radius 2 is 1.86 bits per heavy atom. The lowest BCUT2D eigenvalue weighted by molar-refractivity contribution is -0.384. The maximum absolute atomic E-state index is 13.3. The van der Waals surface area contributed by atoms with Crippen LogP contribution in [0.25, 0.3) is 16.0 Å². The van der Waals surface area contributed by atoms with Gasteiger partial charge in [0.1, 0.15) is 5.76 Å². The lowest BCUT2D eigenvalue weighted by atomic mass is 9.95. The normalized spacial score (nSPS) is 17.3. The zero-order chi connectivity index (χ0) is 24.9. The molecule has 10 heteroatoms. The second kappa shape index (κ2) is 8.61. The van der Waals surface area contributed by atoms with E-state index in [-0.39, 0.29) is 22.2 Å². The molecule has 0 aliphatic carbocycles. The number of amides is 1. The number of Topliss-reactive ketones (excluding diaryl/α,β-unsaturated/α-hetero) is 1. The van der Waals surface area contributed by atoms with Crippen LogP contribution in [0, 0.1) is 17.0 Å². The molecule has 3 aromatic carbocycles. The highest BCUT2D eigenvalue weighted by molar-refractivity contribution is 7.22. The molecule has 35 heavy (non-hydrogen) atoms. The number of aryl methyl sites for hydroxylation is 1. The molecule has 1 aliphatic rings. The fourth-order valence-electron chi connectivity index (χ4n) is 4.01. The Morgan fingerprint density at radius 3 is 2.57 bits per heavy atom. The molecule has 5 rings (SSSR count). The number of hydrogen-bond donors (Lipinski definition) is 1. The number of halogens is 1. The molecule has 0 bridgehead atoms. The van der Waals surface area contributed by atoms with Crippen molar-refractivity contribution in [2.75, 3.05) is 4.90 Å². The van der Waals surface area contributed by atoms with Crippen molar-refractivity contribution in [3.63, 3.8) is 0 Å². The number of nitrogens with zero attached hydrogens (tertiary/aromatic N) is 3. The van der Waals surface area contributed by atoms with Crippen LogP contribution in [0.2, 0.25) is 5.02 Å². The van der Waals surface area contributed by atoms with Crippen molar-refractivity contribution >= 4 is 61.4 Å². The van der Waals surface area contributed by atoms with Gasteiger partial charge in [0, 0.05) is 22.7 Å². The number of rotatable bonds is 4. The van der Waals surface area contributed by atoms with E-state index in [1.807, 2.05) is 6.92 Å². The maximum atomic E-state index is 13.3. The minimum Gasteiger partial charge on any atom is -0.507 e. The van der Waals surface area contributed by atoms with Crippen molar-refractivity contribution in [3.05, 3.63) is 104 Å². The number of anilines is 1. The number of aliphatic hydroxyl groups excluding tert-OH is 1. The van der Waals surface area contributed by atoms with Crippen molar-refractivity contribution in [1.29, 1.82) is 0 Å². The van der Waals surface area contributed by atoms with Crippen molar-refractivity contribution < 1.29 is 19.6 Å². The number of hydrogen-bond acceptors (Lipinski definition) is 7. The van der Waals surface area contributed by atoms with Crippen LogP contribution in [0.1, 0.15) is 22.7 Å². The molecule has 1 saturated heterocycles. The van der Waals surface area contributed by atoms with Crippen LogP contribution in [0.4, 0.5) is 10.8 Å². The van der Waals surface area contributed by atoms with Gasteiger partial charge in [-0.3, -0.25) is 24.6 Å². The second-order valence-electron chi connectivity index (χ2n) is 8.00. The minimum absolute atomic E-state index is 0.170. The van der Waals surface area contributed by atoms with E-state index in [0.29, 0.717) is 26.4 Å². The molecule has 0 radical (unpaired) electrons. The number of carbonyl (C=O) groups excluding carboxylic acids is 2. The van der Waals surface area contributed by atoms with Crippen LogP contribution >= 0.6 is 22.9 Å². The molecule has 1 unspecified atom stereocenters. The number of benzene rings is 3. The average Bonchev–Trinajstić information content (AvgIpc) is 3.37. The summed E-state index contributed by atoms with van der Waals surface area (Å²) < 4.78 is 0.700. The van der Waals surface area contributed by atoms with Gasteiger partial charge in [0.15, 0.2) is 5.13 Å². The molecule has 8 nitrogen and oxygen atoms in total. The summed E-state index contributed by atoms with van der Waals surface area (Å²) in [4.78, 5) is 43.1. The monoisotopic (exact) mass is 505 g/mol. The molecular weight excluding hydrogens is 490 g/mol. The maximum Gasteiger partial charge on any atom is 0.301 e. The number of nitro benzene ring substituents is 1. The van der Waals surface area contributed by atoms with Crippen LogP contribution in [0.3, 0.4) is 0 Å². The Kier molecular flexibility index (Phi) is 5.58. The summed E-state index contributed by atoms with van der Waals surface area (Å²) in [5.74, 6) is -2.16. The van der Waals surface area contributed by atoms with E-state index in [0.717, 1.165) is 16.9 Å². The number of ketones is 1. The Morgan fingerprint density at radius 1 is 1.11 bits per heavy atom. The molecule has 0 saturated carbocycles. The fraction of sp³-hybridized carbons (Fsp3) is 0.0800. The SMILES string of the molecule is Cc1ccc(/C(O)=C2\C(=O)C(=O)N(c3nc4ccc(Cl)cc4s3)C2c2cccc([N+](=O)[O-])c2)cc1. The topological polar surface area (TPSA) is 114 Å². The average molecular weight is 506 g/mol. The van der Waals surface area contributed by atoms with Gasteiger partial charge in [-0.15, -0.1) is 0 Å². The first-order valence-electron chi connectivity index (χ1n) is 10.4. The molecule has 174 valence electrons. The Labute approximate surface area is 207 Å². The van der Waals surface area contributed by atoms with Gasteiger partial charge in [-0.25, -0.2) is 4.98 Å². The number of non-ortho nitro benzene ring substituents is 1. The first-order valence-corrected chi connectivity index (χ1v) is 11.6. The number of nitro groups is 1. The van der Waals surface area contributed by atoms with Crippen LogP contribution in [-0.4, -0.2) is 26.7 Å². The minimum atomic E-state index is -1.12. The number of aromatic nitrogens is 1. The molecule has 1 N–H and O–H groups in total. The van der Waals surface area contributed by atoms with Crippen molar-refractivity contribution in [2.24, 2.45) is 0 Å². The molecular formula is C25H16ClN3O5S. The van der Waals surface area contributed by atoms with E-state index >= 15 is 0 Å². The highest BCUT2D eigenvalue weighted by atomic mass is 35.5. The van der Waals surface area contributed by atoms with Gasteiger partial charge in [0.05, 0.1) is 26.8 Å². The summed E-state index contributed by atoms with van der Waals surface area (Å²) in [5.41, 5.74) is 1.79. The van der Waals surface area contributed by atoms with E-state index < -0.39 is 22.7 Å². The van der Waals surface area contributed by atoms with Crippen LogP contribution in [0.5, 0.6) is 0 Å². The Hall–Kier alpha value is -4.08. The van der Waals surface area contributed by atoms with Gasteiger partial charge >= 0.3 is 5.91 Å². The molecule has 1 aliphatic heterocycles. The summed E-state index contributed by atoms with van der Waals surface area (Å²) in [6.45, 7) is 1.88. The van der Waals surface area contributed by atoms with Crippen molar-refractivity contribution in [2.45, 2.75) is 13.0 Å². The highest BCUT2D eigenvalue weighted by Gasteiger charge is 2.48. The fourth-order valence-corrected chi connectivity index (χ4v) is 5.28. The highest BCUT2D eigenvalue weighted by Crippen LogP contribution is 2.45. The van der Waals surface area contributed by atoms with Gasteiger partial charge in [-0.05, 0) is 30.7 Å². The first-order chi connectivity index (χ1) is 16.7. The zero-order valence-corrected chi connectivity index (χ0v) is 19.7. The number of aliphatic hydroxyl groups is 1. The molecule has 1 atom stereocenters. The first kappa shape index (κ1) is 22.7. The van der Waals surface area contributed by atoms with Crippen LogP contribution in [0.15, 0.2) is 72.3 Å². The third-order valence-electron chi connectivity index (χ3n) is 5.71. The molecule has 0 spiro atoms. The summed E-state index contributed by atoms with van der Waals surface area (Å²) in [7, 11) is 0. The van der Waals surface area contributed by atoms with Gasteiger partial charge in [-0.2, -0.15) is 0 Å². The van der Waals surface area contributed by atoms with Crippen molar-refractivity contribution in [3.8, 4) is 0 Å². The van der Waals surface area contributed by atoms with E-state index in [1.165, 1.54) is 23.1 Å². The van der Waals surface area contributed by atoms with E-state index in [9.17, 15) is 24.8 Å². The summed E-state index contributed by atoms with van der Waals surface area (Å²) in [5, 5.41) is 23.3. The Balaban J connectivity index is 1.75. The molecule has 1 aromatic heterocycles. The van der Waals surface area contributed by atoms with Gasteiger partial charge in [0.25, 0.3) is 11.5 Å².